The van der Waals surface area contributed by atoms with E-state index in [4.69, 9.17) is 4.74 Å². The molecule has 2 unspecified atom stereocenters. The molecule has 4 heteroatoms. The molecule has 0 radical (unpaired) electrons. The second-order valence-electron chi connectivity index (χ2n) is 5.21. The van der Waals surface area contributed by atoms with Gasteiger partial charge in [0.1, 0.15) is 12.1 Å². The van der Waals surface area contributed by atoms with Crippen molar-refractivity contribution in [2.75, 3.05) is 19.7 Å². The Morgan fingerprint density at radius 1 is 1.40 bits per heavy atom. The SMILES string of the molecule is CCNC(=O)OCC12C=CC(c3ccccc31)N2CC. The molecular formula is C16H20N2O2. The first-order valence-electron chi connectivity index (χ1n) is 7.19. The molecule has 4 nitrogen and oxygen atoms in total. The van der Waals surface area contributed by atoms with Gasteiger partial charge in [-0.05, 0) is 24.6 Å². The number of fused-ring (bicyclic) bond motifs is 5. The maximum atomic E-state index is 11.6. The van der Waals surface area contributed by atoms with Gasteiger partial charge in [0.2, 0.25) is 0 Å². The highest BCUT2D eigenvalue weighted by Crippen LogP contribution is 2.52. The van der Waals surface area contributed by atoms with Crippen LogP contribution >= 0.6 is 0 Å². The number of carbonyl (C=O) groups is 1. The Morgan fingerprint density at radius 2 is 2.20 bits per heavy atom. The number of hydrogen-bond acceptors (Lipinski definition) is 3. The van der Waals surface area contributed by atoms with Gasteiger partial charge in [-0.25, -0.2) is 4.79 Å². The summed E-state index contributed by atoms with van der Waals surface area (Å²) >= 11 is 0. The van der Waals surface area contributed by atoms with E-state index in [2.05, 4.69) is 53.6 Å². The zero-order valence-electron chi connectivity index (χ0n) is 11.9. The second kappa shape index (κ2) is 4.94. The first kappa shape index (κ1) is 13.2. The molecule has 0 saturated carbocycles. The molecule has 2 aliphatic heterocycles. The summed E-state index contributed by atoms with van der Waals surface area (Å²) in [5.41, 5.74) is 2.30. The number of nitrogens with zero attached hydrogens (tertiary/aromatic N) is 1. The highest BCUT2D eigenvalue weighted by Gasteiger charge is 2.51. The van der Waals surface area contributed by atoms with Crippen LogP contribution in [0.4, 0.5) is 4.79 Å². The third kappa shape index (κ3) is 1.75. The van der Waals surface area contributed by atoms with E-state index >= 15 is 0 Å². The minimum atomic E-state index is -0.348. The van der Waals surface area contributed by atoms with E-state index in [0.29, 0.717) is 19.2 Å². The van der Waals surface area contributed by atoms with Crippen LogP contribution in [-0.2, 0) is 10.3 Å². The number of carbonyl (C=O) groups excluding carboxylic acids is 1. The van der Waals surface area contributed by atoms with Gasteiger partial charge in [0, 0.05) is 6.54 Å². The van der Waals surface area contributed by atoms with Crippen LogP contribution in [0, 0.1) is 0 Å². The standard InChI is InChI=1S/C16H20N2O2/c1-3-17-15(19)20-11-16-10-9-14(18(16)4-2)12-7-5-6-8-13(12)16/h5-10,14H,3-4,11H2,1-2H3,(H,17,19). The molecule has 0 aliphatic carbocycles. The summed E-state index contributed by atoms with van der Waals surface area (Å²) in [6.07, 6.45) is 4.05. The minimum Gasteiger partial charge on any atom is -0.447 e. The largest absolute Gasteiger partial charge is 0.447 e. The topological polar surface area (TPSA) is 41.6 Å². The van der Waals surface area contributed by atoms with Gasteiger partial charge in [-0.2, -0.15) is 0 Å². The Bertz CT molecular complexity index is 555. The lowest BCUT2D eigenvalue weighted by Gasteiger charge is -2.33. The molecule has 1 N–H and O–H groups in total. The van der Waals surface area contributed by atoms with Crippen molar-refractivity contribution in [3.63, 3.8) is 0 Å². The zero-order chi connectivity index (χ0) is 14.2. The Kier molecular flexibility index (Phi) is 3.26. The molecule has 2 heterocycles. The summed E-state index contributed by atoms with van der Waals surface area (Å²) in [5.74, 6) is 0. The second-order valence-corrected chi connectivity index (χ2v) is 5.21. The lowest BCUT2D eigenvalue weighted by molar-refractivity contribution is 0.0598. The van der Waals surface area contributed by atoms with E-state index in [9.17, 15) is 4.79 Å². The first-order valence-corrected chi connectivity index (χ1v) is 7.19. The average molecular weight is 272 g/mol. The Balaban J connectivity index is 1.89. The quantitative estimate of drug-likeness (QED) is 0.857. The monoisotopic (exact) mass is 272 g/mol. The number of likely N-dealkylation sites (N-methyl/N-ethyl adjacent to an activating group) is 1. The fourth-order valence-corrected chi connectivity index (χ4v) is 3.42. The molecule has 0 saturated heterocycles. The van der Waals surface area contributed by atoms with E-state index in [1.165, 1.54) is 11.1 Å². The molecule has 2 bridgehead atoms. The van der Waals surface area contributed by atoms with Crippen molar-refractivity contribution in [3.8, 4) is 0 Å². The number of hydrogen-bond donors (Lipinski definition) is 1. The van der Waals surface area contributed by atoms with Crippen molar-refractivity contribution in [1.82, 2.24) is 10.2 Å². The van der Waals surface area contributed by atoms with E-state index in [-0.39, 0.29) is 11.6 Å². The van der Waals surface area contributed by atoms with Crippen LogP contribution in [0.5, 0.6) is 0 Å². The molecule has 3 rings (SSSR count). The van der Waals surface area contributed by atoms with Gasteiger partial charge in [0.25, 0.3) is 0 Å². The highest BCUT2D eigenvalue weighted by atomic mass is 16.5. The van der Waals surface area contributed by atoms with Crippen LogP contribution in [0.1, 0.15) is 31.0 Å². The van der Waals surface area contributed by atoms with Gasteiger partial charge in [-0.3, -0.25) is 4.90 Å². The number of benzene rings is 1. The minimum absolute atomic E-state index is 0.291. The molecule has 20 heavy (non-hydrogen) atoms. The van der Waals surface area contributed by atoms with Crippen molar-refractivity contribution < 1.29 is 9.53 Å². The molecule has 106 valence electrons. The summed E-state index contributed by atoms with van der Waals surface area (Å²) in [6.45, 7) is 5.89. The maximum absolute atomic E-state index is 11.6. The molecule has 1 amide bonds. The molecule has 0 spiro atoms. The fourth-order valence-electron chi connectivity index (χ4n) is 3.42. The van der Waals surface area contributed by atoms with Gasteiger partial charge in [-0.15, -0.1) is 0 Å². The third-order valence-electron chi connectivity index (χ3n) is 4.23. The maximum Gasteiger partial charge on any atom is 0.407 e. The summed E-state index contributed by atoms with van der Waals surface area (Å²) in [4.78, 5) is 14.0. The number of amides is 1. The molecule has 2 atom stereocenters. The Hall–Kier alpha value is -1.81. The number of alkyl carbamates (subject to hydrolysis) is 1. The summed E-state index contributed by atoms with van der Waals surface area (Å²) in [6, 6.07) is 8.74. The molecule has 1 aromatic carbocycles. The van der Waals surface area contributed by atoms with Gasteiger partial charge in [-0.1, -0.05) is 43.3 Å². The normalized spacial score (nSPS) is 26.6. The van der Waals surface area contributed by atoms with Crippen LogP contribution in [0.25, 0.3) is 0 Å². The van der Waals surface area contributed by atoms with Crippen LogP contribution in [0.15, 0.2) is 36.4 Å². The van der Waals surface area contributed by atoms with Gasteiger partial charge in [0.15, 0.2) is 0 Å². The molecule has 2 aliphatic rings. The number of rotatable bonds is 4. The van der Waals surface area contributed by atoms with Gasteiger partial charge >= 0.3 is 6.09 Å². The number of nitrogens with one attached hydrogen (secondary N) is 1. The smallest absolute Gasteiger partial charge is 0.407 e. The Labute approximate surface area is 119 Å². The fraction of sp³-hybridized carbons (Fsp3) is 0.438. The van der Waals surface area contributed by atoms with Gasteiger partial charge < -0.3 is 10.1 Å². The van der Waals surface area contributed by atoms with Crippen molar-refractivity contribution >= 4 is 6.09 Å². The van der Waals surface area contributed by atoms with Crippen LogP contribution in [0.2, 0.25) is 0 Å². The highest BCUT2D eigenvalue weighted by molar-refractivity contribution is 5.67. The van der Waals surface area contributed by atoms with Crippen LogP contribution in [0.3, 0.4) is 0 Å². The van der Waals surface area contributed by atoms with Crippen LogP contribution in [-0.4, -0.2) is 30.7 Å². The lowest BCUT2D eigenvalue weighted by atomic mass is 9.87. The van der Waals surface area contributed by atoms with E-state index < -0.39 is 0 Å². The summed E-state index contributed by atoms with van der Waals surface area (Å²) in [7, 11) is 0. The Morgan fingerprint density at radius 3 is 2.95 bits per heavy atom. The first-order chi connectivity index (χ1) is 9.73. The van der Waals surface area contributed by atoms with E-state index in [1.54, 1.807) is 0 Å². The van der Waals surface area contributed by atoms with Crippen molar-refractivity contribution in [1.29, 1.82) is 0 Å². The molecule has 1 aromatic rings. The van der Waals surface area contributed by atoms with Crippen molar-refractivity contribution in [2.45, 2.75) is 25.4 Å². The van der Waals surface area contributed by atoms with Crippen molar-refractivity contribution in [3.05, 3.63) is 47.5 Å². The van der Waals surface area contributed by atoms with Crippen molar-refractivity contribution in [2.24, 2.45) is 0 Å². The average Bonchev–Trinajstić information content (AvgIpc) is 2.97. The van der Waals surface area contributed by atoms with E-state index in [1.807, 2.05) is 6.92 Å². The van der Waals surface area contributed by atoms with Gasteiger partial charge in [0.05, 0.1) is 6.04 Å². The third-order valence-corrected chi connectivity index (χ3v) is 4.23. The van der Waals surface area contributed by atoms with Crippen LogP contribution < -0.4 is 5.32 Å². The number of ether oxygens (including phenoxy) is 1. The molecule has 0 aromatic heterocycles. The molecular weight excluding hydrogens is 252 g/mol. The predicted molar refractivity (Wildman–Crippen MR) is 77.4 cm³/mol. The predicted octanol–water partition coefficient (Wildman–Crippen LogP) is 2.57. The summed E-state index contributed by atoms with van der Waals surface area (Å²) < 4.78 is 5.43. The van der Waals surface area contributed by atoms with E-state index in [0.717, 1.165) is 6.54 Å². The zero-order valence-corrected chi connectivity index (χ0v) is 11.9. The lowest BCUT2D eigenvalue weighted by Crippen LogP contribution is -2.43. The molecule has 0 fully saturated rings. The summed E-state index contributed by atoms with van der Waals surface area (Å²) in [5, 5.41) is 2.68.